The molecule has 2 aliphatic heterocycles. The van der Waals surface area contributed by atoms with Crippen LogP contribution in [0.2, 0.25) is 0 Å². The Balaban J connectivity index is 2.11. The molecule has 2 rings (SSSR count). The molecule has 0 spiro atoms. The fourth-order valence-corrected chi connectivity index (χ4v) is 2.03. The monoisotopic (exact) mass is 170 g/mol. The van der Waals surface area contributed by atoms with Gasteiger partial charge in [0.1, 0.15) is 0 Å². The molecule has 0 radical (unpaired) electrons. The van der Waals surface area contributed by atoms with Crippen molar-refractivity contribution in [1.82, 2.24) is 9.80 Å². The highest BCUT2D eigenvalue weighted by Crippen LogP contribution is 2.22. The Labute approximate surface area is 71.8 Å². The lowest BCUT2D eigenvalue weighted by molar-refractivity contribution is -0.138. The van der Waals surface area contributed by atoms with Crippen molar-refractivity contribution in [1.29, 1.82) is 0 Å². The van der Waals surface area contributed by atoms with E-state index in [0.29, 0.717) is 13.0 Å². The third kappa shape index (κ3) is 1.11. The molecule has 2 saturated heterocycles. The van der Waals surface area contributed by atoms with E-state index >= 15 is 0 Å². The maximum atomic E-state index is 11.5. The van der Waals surface area contributed by atoms with Gasteiger partial charge in [-0.05, 0) is 6.42 Å². The number of likely N-dealkylation sites (N-methyl/N-ethyl adjacent to an activating group) is 1. The van der Waals surface area contributed by atoms with Gasteiger partial charge in [0.05, 0.1) is 12.1 Å². The van der Waals surface area contributed by atoms with E-state index in [9.17, 15) is 9.90 Å². The molecule has 4 heteroatoms. The zero-order valence-electron chi connectivity index (χ0n) is 7.23. The molecular formula is C8H14N2O2. The summed E-state index contributed by atoms with van der Waals surface area (Å²) >= 11 is 0. The second-order valence-corrected chi connectivity index (χ2v) is 3.66. The van der Waals surface area contributed by atoms with Gasteiger partial charge in [0.2, 0.25) is 5.91 Å². The van der Waals surface area contributed by atoms with Crippen molar-refractivity contribution in [2.75, 3.05) is 26.7 Å². The topological polar surface area (TPSA) is 43.8 Å². The summed E-state index contributed by atoms with van der Waals surface area (Å²) < 4.78 is 0. The van der Waals surface area contributed by atoms with Crippen LogP contribution in [-0.4, -0.2) is 59.6 Å². The van der Waals surface area contributed by atoms with Gasteiger partial charge in [0.15, 0.2) is 0 Å². The van der Waals surface area contributed by atoms with Gasteiger partial charge >= 0.3 is 0 Å². The minimum absolute atomic E-state index is 0.0428. The Kier molecular flexibility index (Phi) is 1.81. The van der Waals surface area contributed by atoms with Crippen molar-refractivity contribution in [3.63, 3.8) is 0 Å². The number of piperazine rings is 1. The molecule has 1 N–H and O–H groups in total. The van der Waals surface area contributed by atoms with Gasteiger partial charge in [-0.1, -0.05) is 0 Å². The Hall–Kier alpha value is -0.610. The number of aliphatic hydroxyl groups is 1. The summed E-state index contributed by atoms with van der Waals surface area (Å²) in [6.45, 7) is 2.37. The van der Waals surface area contributed by atoms with Crippen LogP contribution in [0, 0.1) is 0 Å². The van der Waals surface area contributed by atoms with Gasteiger partial charge in [-0.15, -0.1) is 0 Å². The second-order valence-electron chi connectivity index (χ2n) is 3.66. The first kappa shape index (κ1) is 8.01. The van der Waals surface area contributed by atoms with Crippen LogP contribution in [0.25, 0.3) is 0 Å². The average molecular weight is 170 g/mol. The van der Waals surface area contributed by atoms with E-state index in [0.717, 1.165) is 13.1 Å². The van der Waals surface area contributed by atoms with Crippen LogP contribution in [0.3, 0.4) is 0 Å². The first-order valence-electron chi connectivity index (χ1n) is 4.35. The van der Waals surface area contributed by atoms with Crippen LogP contribution in [0.4, 0.5) is 0 Å². The molecule has 1 amide bonds. The Morgan fingerprint density at radius 3 is 3.00 bits per heavy atom. The highest BCUT2D eigenvalue weighted by atomic mass is 16.3. The molecule has 0 aromatic rings. The van der Waals surface area contributed by atoms with E-state index in [1.54, 1.807) is 4.90 Å². The molecule has 0 bridgehead atoms. The highest BCUT2D eigenvalue weighted by molar-refractivity contribution is 5.82. The molecular weight excluding hydrogens is 156 g/mol. The first-order chi connectivity index (χ1) is 5.68. The zero-order chi connectivity index (χ0) is 8.72. The number of fused-ring (bicyclic) bond motifs is 1. The van der Waals surface area contributed by atoms with Gasteiger partial charge in [0, 0.05) is 26.7 Å². The Bertz CT molecular complexity index is 207. The minimum Gasteiger partial charge on any atom is -0.392 e. The van der Waals surface area contributed by atoms with Crippen molar-refractivity contribution < 1.29 is 9.90 Å². The largest absolute Gasteiger partial charge is 0.392 e. The average Bonchev–Trinajstić information content (AvgIpc) is 2.39. The Morgan fingerprint density at radius 2 is 2.25 bits per heavy atom. The predicted octanol–water partition coefficient (Wildman–Crippen LogP) is -1.11. The number of carbonyl (C=O) groups is 1. The predicted molar refractivity (Wildman–Crippen MR) is 43.6 cm³/mol. The van der Waals surface area contributed by atoms with E-state index in [-0.39, 0.29) is 18.1 Å². The van der Waals surface area contributed by atoms with Gasteiger partial charge in [-0.25, -0.2) is 0 Å². The third-order valence-electron chi connectivity index (χ3n) is 2.77. The molecule has 2 aliphatic rings. The molecule has 68 valence electrons. The maximum Gasteiger partial charge on any atom is 0.239 e. The van der Waals surface area contributed by atoms with Gasteiger partial charge in [0.25, 0.3) is 0 Å². The summed E-state index contributed by atoms with van der Waals surface area (Å²) in [4.78, 5) is 15.4. The van der Waals surface area contributed by atoms with E-state index in [1.165, 1.54) is 0 Å². The molecule has 0 aliphatic carbocycles. The molecule has 0 aromatic heterocycles. The summed E-state index contributed by atoms with van der Waals surface area (Å²) in [6, 6.07) is -0.0428. The van der Waals surface area contributed by atoms with Crippen molar-refractivity contribution in [2.45, 2.75) is 18.6 Å². The normalized spacial score (nSPS) is 37.2. The van der Waals surface area contributed by atoms with E-state index in [4.69, 9.17) is 0 Å². The van der Waals surface area contributed by atoms with E-state index < -0.39 is 0 Å². The summed E-state index contributed by atoms with van der Waals surface area (Å²) in [7, 11) is 1.82. The molecule has 2 heterocycles. The maximum absolute atomic E-state index is 11.5. The molecule has 4 nitrogen and oxygen atoms in total. The van der Waals surface area contributed by atoms with Crippen molar-refractivity contribution in [3.05, 3.63) is 0 Å². The van der Waals surface area contributed by atoms with Crippen molar-refractivity contribution in [3.8, 4) is 0 Å². The standard InChI is InChI=1S/C8H14N2O2/c1-9-2-3-10-5-6(11)4-7(10)8(9)12/h6-7,11H,2-5H2,1H3. The van der Waals surface area contributed by atoms with Crippen LogP contribution in [0.1, 0.15) is 6.42 Å². The van der Waals surface area contributed by atoms with Gasteiger partial charge < -0.3 is 10.0 Å². The molecule has 0 aromatic carbocycles. The van der Waals surface area contributed by atoms with Crippen LogP contribution in [0.15, 0.2) is 0 Å². The second kappa shape index (κ2) is 2.71. The number of carbonyl (C=O) groups excluding carboxylic acids is 1. The summed E-state index contributed by atoms with van der Waals surface area (Å²) in [5, 5.41) is 9.35. The van der Waals surface area contributed by atoms with Gasteiger partial charge in [-0.2, -0.15) is 0 Å². The number of nitrogens with zero attached hydrogens (tertiary/aromatic N) is 2. The fraction of sp³-hybridized carbons (Fsp3) is 0.875. The van der Waals surface area contributed by atoms with E-state index in [1.807, 2.05) is 7.05 Å². The number of rotatable bonds is 0. The number of hydrogen-bond acceptors (Lipinski definition) is 3. The molecule has 2 atom stereocenters. The fourth-order valence-electron chi connectivity index (χ4n) is 2.03. The minimum atomic E-state index is -0.301. The van der Waals surface area contributed by atoms with Crippen LogP contribution in [-0.2, 0) is 4.79 Å². The van der Waals surface area contributed by atoms with Crippen LogP contribution < -0.4 is 0 Å². The first-order valence-corrected chi connectivity index (χ1v) is 4.35. The summed E-state index contributed by atoms with van der Waals surface area (Å²) in [5.41, 5.74) is 0. The number of amides is 1. The van der Waals surface area contributed by atoms with E-state index in [2.05, 4.69) is 4.90 Å². The van der Waals surface area contributed by atoms with Crippen LogP contribution >= 0.6 is 0 Å². The lowest BCUT2D eigenvalue weighted by Crippen LogP contribution is -2.52. The molecule has 2 fully saturated rings. The lowest BCUT2D eigenvalue weighted by atomic mass is 10.1. The quantitative estimate of drug-likeness (QED) is 0.501. The van der Waals surface area contributed by atoms with Crippen molar-refractivity contribution in [2.24, 2.45) is 0 Å². The number of aliphatic hydroxyl groups excluding tert-OH is 1. The molecule has 12 heavy (non-hydrogen) atoms. The summed E-state index contributed by atoms with van der Waals surface area (Å²) in [6.07, 6.45) is 0.314. The van der Waals surface area contributed by atoms with Crippen LogP contribution in [0.5, 0.6) is 0 Å². The number of hydrogen-bond donors (Lipinski definition) is 1. The third-order valence-corrected chi connectivity index (χ3v) is 2.77. The molecule has 2 unspecified atom stereocenters. The zero-order valence-corrected chi connectivity index (χ0v) is 7.23. The summed E-state index contributed by atoms with van der Waals surface area (Å²) in [5.74, 6) is 0.165. The molecule has 0 saturated carbocycles. The Morgan fingerprint density at radius 1 is 1.50 bits per heavy atom. The smallest absolute Gasteiger partial charge is 0.239 e. The van der Waals surface area contributed by atoms with Crippen molar-refractivity contribution >= 4 is 5.91 Å². The SMILES string of the molecule is CN1CCN2CC(O)CC2C1=O. The lowest BCUT2D eigenvalue weighted by Gasteiger charge is -2.34. The van der Waals surface area contributed by atoms with Gasteiger partial charge in [-0.3, -0.25) is 9.69 Å². The highest BCUT2D eigenvalue weighted by Gasteiger charge is 2.39.